The number of aromatic hydroxyl groups is 2. The Kier molecular flexibility index (Phi) is 4.67. The molecule has 1 atom stereocenters. The van der Waals surface area contributed by atoms with Crippen molar-refractivity contribution in [2.45, 2.75) is 18.9 Å². The zero-order valence-electron chi connectivity index (χ0n) is 15.2. The Bertz CT molecular complexity index is 1150. The van der Waals surface area contributed by atoms with Crippen molar-refractivity contribution in [2.24, 2.45) is 5.73 Å². The number of hydrogen-bond acceptors (Lipinski definition) is 4. The number of aromatic amines is 2. The lowest BCUT2D eigenvalue weighted by Gasteiger charge is -2.12. The number of nitrogens with two attached hydrogens (primary N) is 1. The summed E-state index contributed by atoms with van der Waals surface area (Å²) in [6, 6.07) is 9.54. The third kappa shape index (κ3) is 3.52. The van der Waals surface area contributed by atoms with E-state index in [9.17, 15) is 15.0 Å². The molecule has 144 valence electrons. The van der Waals surface area contributed by atoms with Crippen LogP contribution in [0, 0.1) is 0 Å². The Morgan fingerprint density at radius 2 is 1.54 bits per heavy atom. The molecule has 7 heteroatoms. The van der Waals surface area contributed by atoms with E-state index in [2.05, 4.69) is 15.3 Å². The first-order valence-electron chi connectivity index (χ1n) is 9.12. The molecular formula is C21H22N4O3. The van der Waals surface area contributed by atoms with Crippen LogP contribution in [0.15, 0.2) is 48.8 Å². The zero-order valence-corrected chi connectivity index (χ0v) is 15.2. The highest BCUT2D eigenvalue weighted by atomic mass is 16.3. The monoisotopic (exact) mass is 378 g/mol. The fourth-order valence-electron chi connectivity index (χ4n) is 3.49. The minimum atomic E-state index is -0.687. The number of carbonyl (C=O) groups is 1. The van der Waals surface area contributed by atoms with Crippen LogP contribution in [-0.2, 0) is 17.6 Å². The summed E-state index contributed by atoms with van der Waals surface area (Å²) in [7, 11) is 0. The highest BCUT2D eigenvalue weighted by Gasteiger charge is 2.16. The van der Waals surface area contributed by atoms with E-state index in [4.69, 9.17) is 5.73 Å². The van der Waals surface area contributed by atoms with Gasteiger partial charge >= 0.3 is 0 Å². The number of carbonyl (C=O) groups excluding carboxylic acids is 1. The molecule has 7 nitrogen and oxygen atoms in total. The number of H-pyrrole nitrogens is 2. The first-order chi connectivity index (χ1) is 13.5. The molecule has 1 unspecified atom stereocenters. The number of benzene rings is 2. The summed E-state index contributed by atoms with van der Waals surface area (Å²) in [5, 5.41) is 24.0. The maximum absolute atomic E-state index is 12.4. The van der Waals surface area contributed by atoms with Crippen LogP contribution in [0.5, 0.6) is 11.5 Å². The molecule has 0 fully saturated rings. The molecule has 1 amide bonds. The summed E-state index contributed by atoms with van der Waals surface area (Å²) in [5.74, 6) is 0.164. The van der Waals surface area contributed by atoms with E-state index in [1.807, 2.05) is 18.5 Å². The van der Waals surface area contributed by atoms with Crippen molar-refractivity contribution in [3.05, 3.63) is 59.9 Å². The predicted octanol–water partition coefficient (Wildman–Crippen LogP) is 2.29. The maximum atomic E-state index is 12.4. The Morgan fingerprint density at radius 1 is 0.964 bits per heavy atom. The van der Waals surface area contributed by atoms with Gasteiger partial charge in [-0.15, -0.1) is 0 Å². The van der Waals surface area contributed by atoms with Crippen LogP contribution in [0.25, 0.3) is 21.8 Å². The molecule has 28 heavy (non-hydrogen) atoms. The normalized spacial score (nSPS) is 12.5. The Labute approximate surface area is 161 Å². The number of aromatic nitrogens is 2. The van der Waals surface area contributed by atoms with Gasteiger partial charge in [0.2, 0.25) is 5.91 Å². The van der Waals surface area contributed by atoms with Gasteiger partial charge in [0.15, 0.2) is 0 Å². The minimum Gasteiger partial charge on any atom is -0.508 e. The van der Waals surface area contributed by atoms with E-state index in [1.54, 1.807) is 30.3 Å². The smallest absolute Gasteiger partial charge is 0.237 e. The van der Waals surface area contributed by atoms with Crippen molar-refractivity contribution in [1.29, 1.82) is 0 Å². The highest BCUT2D eigenvalue weighted by molar-refractivity contribution is 5.87. The number of phenols is 2. The Balaban J connectivity index is 1.36. The van der Waals surface area contributed by atoms with E-state index in [-0.39, 0.29) is 17.4 Å². The Morgan fingerprint density at radius 3 is 2.18 bits per heavy atom. The van der Waals surface area contributed by atoms with E-state index < -0.39 is 6.04 Å². The number of nitrogens with one attached hydrogen (secondary N) is 3. The highest BCUT2D eigenvalue weighted by Crippen LogP contribution is 2.24. The third-order valence-electron chi connectivity index (χ3n) is 4.97. The lowest BCUT2D eigenvalue weighted by atomic mass is 10.0. The molecule has 2 aromatic carbocycles. The number of rotatable bonds is 6. The minimum absolute atomic E-state index is 0.177. The van der Waals surface area contributed by atoms with E-state index in [0.717, 1.165) is 32.9 Å². The molecule has 0 saturated heterocycles. The number of amides is 1. The average molecular weight is 378 g/mol. The van der Waals surface area contributed by atoms with Crippen LogP contribution in [0.4, 0.5) is 0 Å². The molecule has 0 spiro atoms. The number of phenolic OH excluding ortho intramolecular Hbond substituents is 2. The molecule has 0 radical (unpaired) electrons. The molecule has 2 aromatic heterocycles. The van der Waals surface area contributed by atoms with Crippen molar-refractivity contribution in [2.75, 3.05) is 6.54 Å². The van der Waals surface area contributed by atoms with Crippen LogP contribution < -0.4 is 11.1 Å². The van der Waals surface area contributed by atoms with E-state index >= 15 is 0 Å². The maximum Gasteiger partial charge on any atom is 0.237 e. The molecule has 4 aromatic rings. The largest absolute Gasteiger partial charge is 0.508 e. The molecule has 0 aliphatic heterocycles. The van der Waals surface area contributed by atoms with Crippen molar-refractivity contribution < 1.29 is 15.0 Å². The predicted molar refractivity (Wildman–Crippen MR) is 108 cm³/mol. The fourth-order valence-corrected chi connectivity index (χ4v) is 3.49. The van der Waals surface area contributed by atoms with Gasteiger partial charge in [-0.1, -0.05) is 0 Å². The lowest BCUT2D eigenvalue weighted by Crippen LogP contribution is -2.42. The number of fused-ring (bicyclic) bond motifs is 2. The van der Waals surface area contributed by atoms with Crippen LogP contribution in [-0.4, -0.2) is 38.7 Å². The van der Waals surface area contributed by atoms with Crippen molar-refractivity contribution in [3.8, 4) is 11.5 Å². The quantitative estimate of drug-likeness (QED) is 0.308. The molecule has 0 aliphatic rings. The summed E-state index contributed by atoms with van der Waals surface area (Å²) in [4.78, 5) is 18.7. The number of hydrogen-bond donors (Lipinski definition) is 6. The molecule has 2 heterocycles. The van der Waals surface area contributed by atoms with Gasteiger partial charge in [0.25, 0.3) is 0 Å². The molecule has 0 saturated carbocycles. The second-order valence-corrected chi connectivity index (χ2v) is 6.94. The van der Waals surface area contributed by atoms with Crippen LogP contribution in [0.1, 0.15) is 11.1 Å². The van der Waals surface area contributed by atoms with Crippen molar-refractivity contribution in [3.63, 3.8) is 0 Å². The van der Waals surface area contributed by atoms with Crippen LogP contribution in [0.2, 0.25) is 0 Å². The van der Waals surface area contributed by atoms with Crippen molar-refractivity contribution in [1.82, 2.24) is 15.3 Å². The first-order valence-corrected chi connectivity index (χ1v) is 9.12. The third-order valence-corrected chi connectivity index (χ3v) is 4.97. The molecule has 0 aliphatic carbocycles. The summed E-state index contributed by atoms with van der Waals surface area (Å²) < 4.78 is 0. The van der Waals surface area contributed by atoms with E-state index in [0.29, 0.717) is 19.4 Å². The van der Waals surface area contributed by atoms with Crippen LogP contribution in [0.3, 0.4) is 0 Å². The summed E-state index contributed by atoms with van der Waals surface area (Å²) in [6.45, 7) is 0.448. The zero-order chi connectivity index (χ0) is 19.7. The summed E-state index contributed by atoms with van der Waals surface area (Å²) in [6.07, 6.45) is 4.70. The van der Waals surface area contributed by atoms with E-state index in [1.165, 1.54) is 0 Å². The SMILES string of the molecule is NC(Cc1c[nH]c2ccc(O)cc12)C(=O)NCCc1c[nH]c2ccc(O)cc12. The second kappa shape index (κ2) is 7.28. The first kappa shape index (κ1) is 17.9. The van der Waals surface area contributed by atoms with Gasteiger partial charge in [-0.2, -0.15) is 0 Å². The molecule has 4 rings (SSSR count). The van der Waals surface area contributed by atoms with Gasteiger partial charge in [-0.05, 0) is 60.4 Å². The average Bonchev–Trinajstić information content (AvgIpc) is 3.25. The fraction of sp³-hybridized carbons (Fsp3) is 0.190. The van der Waals surface area contributed by atoms with Gasteiger partial charge in [0, 0.05) is 40.7 Å². The molecule has 0 bridgehead atoms. The van der Waals surface area contributed by atoms with Crippen molar-refractivity contribution >= 4 is 27.7 Å². The van der Waals surface area contributed by atoms with Gasteiger partial charge < -0.3 is 31.2 Å². The van der Waals surface area contributed by atoms with Gasteiger partial charge in [0.1, 0.15) is 11.5 Å². The second-order valence-electron chi connectivity index (χ2n) is 6.94. The standard InChI is InChI=1S/C21H22N4O3/c22-18(7-13-11-25-20-4-2-15(27)9-17(13)20)21(28)23-6-5-12-10-24-19-3-1-14(26)8-16(12)19/h1-4,8-11,18,24-27H,5-7,22H2,(H,23,28). The topological polar surface area (TPSA) is 127 Å². The Hall–Kier alpha value is -3.45. The van der Waals surface area contributed by atoms with Gasteiger partial charge in [0.05, 0.1) is 6.04 Å². The van der Waals surface area contributed by atoms with Gasteiger partial charge in [-0.3, -0.25) is 4.79 Å². The molecular weight excluding hydrogens is 356 g/mol. The van der Waals surface area contributed by atoms with Crippen LogP contribution >= 0.6 is 0 Å². The van der Waals surface area contributed by atoms with Gasteiger partial charge in [-0.25, -0.2) is 0 Å². The summed E-state index contributed by atoms with van der Waals surface area (Å²) in [5.41, 5.74) is 9.82. The summed E-state index contributed by atoms with van der Waals surface area (Å²) >= 11 is 0. The molecule has 7 N–H and O–H groups in total. The lowest BCUT2D eigenvalue weighted by molar-refractivity contribution is -0.122.